The van der Waals surface area contributed by atoms with E-state index in [9.17, 15) is 4.39 Å². The maximum Gasteiger partial charge on any atom is 0.129 e. The molecular formula is C11H13BrFN. The molecule has 1 aliphatic rings. The summed E-state index contributed by atoms with van der Waals surface area (Å²) < 4.78 is 14.5. The highest BCUT2D eigenvalue weighted by molar-refractivity contribution is 9.10. The predicted octanol–water partition coefficient (Wildman–Crippen LogP) is 3.32. The second-order valence-corrected chi connectivity index (χ2v) is 4.53. The molecule has 14 heavy (non-hydrogen) atoms. The quantitative estimate of drug-likeness (QED) is 0.814. The van der Waals surface area contributed by atoms with E-state index in [4.69, 9.17) is 0 Å². The van der Waals surface area contributed by atoms with Gasteiger partial charge in [0.25, 0.3) is 0 Å². The van der Waals surface area contributed by atoms with Crippen molar-refractivity contribution >= 4 is 15.9 Å². The first-order valence-corrected chi connectivity index (χ1v) is 5.67. The van der Waals surface area contributed by atoms with Crippen molar-refractivity contribution in [1.29, 1.82) is 0 Å². The van der Waals surface area contributed by atoms with Gasteiger partial charge in [-0.2, -0.15) is 0 Å². The van der Waals surface area contributed by atoms with Gasteiger partial charge >= 0.3 is 0 Å². The highest BCUT2D eigenvalue weighted by atomic mass is 79.9. The zero-order valence-corrected chi connectivity index (χ0v) is 9.70. The van der Waals surface area contributed by atoms with E-state index in [-0.39, 0.29) is 11.9 Å². The van der Waals surface area contributed by atoms with Crippen LogP contribution in [-0.2, 0) is 0 Å². The average Bonchev–Trinajstić information content (AvgIpc) is 2.65. The summed E-state index contributed by atoms with van der Waals surface area (Å²) in [6.07, 6.45) is 2.16. The van der Waals surface area contributed by atoms with E-state index in [1.54, 1.807) is 12.1 Å². The smallest absolute Gasteiger partial charge is 0.129 e. The molecule has 2 rings (SSSR count). The molecule has 1 aliphatic heterocycles. The SMILES string of the molecule is Cc1ccc(F)c([C@@H]2CCCN2)c1Br. The van der Waals surface area contributed by atoms with Gasteiger partial charge < -0.3 is 5.32 Å². The molecule has 1 nitrogen and oxygen atoms in total. The Balaban J connectivity index is 2.44. The van der Waals surface area contributed by atoms with Crippen LogP contribution in [0.5, 0.6) is 0 Å². The van der Waals surface area contributed by atoms with Crippen LogP contribution in [0.25, 0.3) is 0 Å². The zero-order valence-electron chi connectivity index (χ0n) is 8.11. The van der Waals surface area contributed by atoms with Crippen LogP contribution < -0.4 is 5.32 Å². The molecule has 1 saturated heterocycles. The first kappa shape index (κ1) is 10.1. The molecule has 1 heterocycles. The van der Waals surface area contributed by atoms with E-state index in [1.807, 2.05) is 6.92 Å². The van der Waals surface area contributed by atoms with Gasteiger partial charge in [0.1, 0.15) is 5.82 Å². The summed E-state index contributed by atoms with van der Waals surface area (Å²) >= 11 is 3.46. The molecule has 1 N–H and O–H groups in total. The van der Waals surface area contributed by atoms with Gasteiger partial charge in [-0.1, -0.05) is 22.0 Å². The first-order chi connectivity index (χ1) is 6.70. The fraction of sp³-hybridized carbons (Fsp3) is 0.455. The number of nitrogens with one attached hydrogen (secondary N) is 1. The van der Waals surface area contributed by atoms with Crippen molar-refractivity contribution in [3.8, 4) is 0 Å². The lowest BCUT2D eigenvalue weighted by Gasteiger charge is -2.15. The largest absolute Gasteiger partial charge is 0.310 e. The van der Waals surface area contributed by atoms with E-state index in [0.29, 0.717) is 0 Å². The number of benzene rings is 1. The Morgan fingerprint density at radius 1 is 1.50 bits per heavy atom. The summed E-state index contributed by atoms with van der Waals surface area (Å²) in [5.74, 6) is -0.109. The van der Waals surface area contributed by atoms with Crippen molar-refractivity contribution in [2.45, 2.75) is 25.8 Å². The molecule has 0 saturated carbocycles. The molecule has 1 fully saturated rings. The number of hydrogen-bond donors (Lipinski definition) is 1. The fourth-order valence-electron chi connectivity index (χ4n) is 1.93. The Bertz CT molecular complexity index is 345. The number of hydrogen-bond acceptors (Lipinski definition) is 1. The molecule has 0 radical (unpaired) electrons. The third-order valence-corrected chi connectivity index (χ3v) is 3.78. The van der Waals surface area contributed by atoms with Crippen LogP contribution in [-0.4, -0.2) is 6.54 Å². The summed E-state index contributed by atoms with van der Waals surface area (Å²) in [7, 11) is 0. The molecule has 76 valence electrons. The summed E-state index contributed by atoms with van der Waals surface area (Å²) in [5.41, 5.74) is 1.89. The normalized spacial score (nSPS) is 21.5. The molecule has 0 bridgehead atoms. The topological polar surface area (TPSA) is 12.0 Å². The minimum absolute atomic E-state index is 0.109. The molecule has 0 unspecified atom stereocenters. The molecule has 1 aromatic rings. The van der Waals surface area contributed by atoms with Crippen LogP contribution in [0.15, 0.2) is 16.6 Å². The lowest BCUT2D eigenvalue weighted by molar-refractivity contribution is 0.555. The molecule has 3 heteroatoms. The third-order valence-electron chi connectivity index (χ3n) is 2.73. The van der Waals surface area contributed by atoms with Gasteiger partial charge in [-0.25, -0.2) is 4.39 Å². The van der Waals surface area contributed by atoms with E-state index in [1.165, 1.54) is 0 Å². The van der Waals surface area contributed by atoms with Crippen LogP contribution in [0, 0.1) is 12.7 Å². The van der Waals surface area contributed by atoms with Crippen LogP contribution in [0.1, 0.15) is 30.0 Å². The molecule has 0 spiro atoms. The second-order valence-electron chi connectivity index (χ2n) is 3.74. The first-order valence-electron chi connectivity index (χ1n) is 4.88. The minimum Gasteiger partial charge on any atom is -0.310 e. The number of aryl methyl sites for hydroxylation is 1. The number of halogens is 2. The maximum absolute atomic E-state index is 13.6. The lowest BCUT2D eigenvalue weighted by atomic mass is 10.0. The van der Waals surface area contributed by atoms with Gasteiger partial charge in [-0.3, -0.25) is 0 Å². The highest BCUT2D eigenvalue weighted by Gasteiger charge is 2.22. The van der Waals surface area contributed by atoms with Gasteiger partial charge in [-0.05, 0) is 37.9 Å². The Morgan fingerprint density at radius 3 is 2.93 bits per heavy atom. The Hall–Kier alpha value is -0.410. The monoisotopic (exact) mass is 257 g/mol. The van der Waals surface area contributed by atoms with Crippen LogP contribution in [0.4, 0.5) is 4.39 Å². The van der Waals surface area contributed by atoms with Crippen LogP contribution in [0.2, 0.25) is 0 Å². The van der Waals surface area contributed by atoms with Gasteiger partial charge in [0, 0.05) is 16.1 Å². The van der Waals surface area contributed by atoms with Gasteiger partial charge in [0.2, 0.25) is 0 Å². The van der Waals surface area contributed by atoms with Crippen molar-refractivity contribution in [3.05, 3.63) is 33.5 Å². The van der Waals surface area contributed by atoms with Gasteiger partial charge in [0.15, 0.2) is 0 Å². The molecule has 1 aromatic carbocycles. The van der Waals surface area contributed by atoms with Crippen molar-refractivity contribution in [2.75, 3.05) is 6.54 Å². The van der Waals surface area contributed by atoms with Crippen molar-refractivity contribution in [2.24, 2.45) is 0 Å². The van der Waals surface area contributed by atoms with Gasteiger partial charge in [0.05, 0.1) is 0 Å². The van der Waals surface area contributed by atoms with E-state index in [2.05, 4.69) is 21.2 Å². The standard InChI is InChI=1S/C11H13BrFN/c1-7-4-5-8(13)10(11(7)12)9-3-2-6-14-9/h4-5,9,14H,2-3,6H2,1H3/t9-/m0/s1. The molecule has 0 amide bonds. The lowest BCUT2D eigenvalue weighted by Crippen LogP contribution is -2.15. The Labute approximate surface area is 91.8 Å². The molecule has 0 aliphatic carbocycles. The second kappa shape index (κ2) is 3.99. The molecule has 1 atom stereocenters. The van der Waals surface area contributed by atoms with E-state index >= 15 is 0 Å². The van der Waals surface area contributed by atoms with E-state index < -0.39 is 0 Å². The average molecular weight is 258 g/mol. The van der Waals surface area contributed by atoms with Gasteiger partial charge in [-0.15, -0.1) is 0 Å². The Morgan fingerprint density at radius 2 is 2.29 bits per heavy atom. The maximum atomic E-state index is 13.6. The minimum atomic E-state index is -0.109. The fourth-order valence-corrected chi connectivity index (χ4v) is 2.53. The zero-order chi connectivity index (χ0) is 10.1. The van der Waals surface area contributed by atoms with Crippen LogP contribution in [0.3, 0.4) is 0 Å². The molecular weight excluding hydrogens is 245 g/mol. The third kappa shape index (κ3) is 1.71. The van der Waals surface area contributed by atoms with Crippen molar-refractivity contribution < 1.29 is 4.39 Å². The Kier molecular flexibility index (Phi) is 2.88. The highest BCUT2D eigenvalue weighted by Crippen LogP contribution is 2.33. The summed E-state index contributed by atoms with van der Waals surface area (Å²) in [6, 6.07) is 3.54. The van der Waals surface area contributed by atoms with Crippen LogP contribution >= 0.6 is 15.9 Å². The summed E-state index contributed by atoms with van der Waals surface area (Å²) in [4.78, 5) is 0. The number of rotatable bonds is 1. The van der Waals surface area contributed by atoms with Crippen molar-refractivity contribution in [3.63, 3.8) is 0 Å². The van der Waals surface area contributed by atoms with Crippen molar-refractivity contribution in [1.82, 2.24) is 5.32 Å². The predicted molar refractivity (Wildman–Crippen MR) is 58.8 cm³/mol. The summed E-state index contributed by atoms with van der Waals surface area (Å²) in [6.45, 7) is 2.98. The summed E-state index contributed by atoms with van der Waals surface area (Å²) in [5, 5.41) is 3.31. The molecule has 0 aromatic heterocycles. The van der Waals surface area contributed by atoms with E-state index in [0.717, 1.165) is 35.0 Å².